The van der Waals surface area contributed by atoms with Crippen molar-refractivity contribution in [3.05, 3.63) is 70.8 Å². The number of rotatable bonds is 0. The molecule has 2 aromatic rings. The second-order valence-electron chi connectivity index (χ2n) is 6.47. The Balaban J connectivity index is 1.83. The summed E-state index contributed by atoms with van der Waals surface area (Å²) in [6.45, 7) is 1.29. The van der Waals surface area contributed by atoms with Gasteiger partial charge >= 0.3 is 0 Å². The van der Waals surface area contributed by atoms with Crippen LogP contribution in [0, 0.1) is 0 Å². The van der Waals surface area contributed by atoms with E-state index in [0.717, 1.165) is 6.04 Å². The molecule has 2 aromatic carbocycles. The molecule has 1 nitrogen and oxygen atoms in total. The predicted octanol–water partition coefficient (Wildman–Crippen LogP) is 3.89. The number of hydrogen-bond donors (Lipinski definition) is 0. The largest absolute Gasteiger partial charge is 0.292 e. The van der Waals surface area contributed by atoms with Crippen LogP contribution in [0.15, 0.2) is 48.5 Å². The molecular weight excluding hydrogens is 242 g/mol. The van der Waals surface area contributed by atoms with E-state index in [4.69, 9.17) is 0 Å². The van der Waals surface area contributed by atoms with Gasteiger partial charge in [0, 0.05) is 18.0 Å². The van der Waals surface area contributed by atoms with Crippen molar-refractivity contribution in [3.63, 3.8) is 0 Å². The second-order valence-corrected chi connectivity index (χ2v) is 6.47. The highest BCUT2D eigenvalue weighted by atomic mass is 15.2. The Kier molecular flexibility index (Phi) is 2.20. The summed E-state index contributed by atoms with van der Waals surface area (Å²) in [5.74, 6) is 0.601. The summed E-state index contributed by atoms with van der Waals surface area (Å²) in [5, 5.41) is 0. The molecule has 6 rings (SSSR count). The van der Waals surface area contributed by atoms with Gasteiger partial charge in [-0.1, -0.05) is 48.5 Å². The first-order valence-electron chi connectivity index (χ1n) is 7.86. The average molecular weight is 261 g/mol. The van der Waals surface area contributed by atoms with Gasteiger partial charge in [-0.25, -0.2) is 0 Å². The molecule has 3 atom stereocenters. The van der Waals surface area contributed by atoms with E-state index in [0.29, 0.717) is 12.0 Å². The highest BCUT2D eigenvalue weighted by molar-refractivity contribution is 5.50. The van der Waals surface area contributed by atoms with Crippen molar-refractivity contribution in [3.8, 4) is 0 Å². The lowest BCUT2D eigenvalue weighted by Crippen LogP contribution is -2.41. The molecule has 100 valence electrons. The minimum absolute atomic E-state index is 0.601. The van der Waals surface area contributed by atoms with Crippen LogP contribution < -0.4 is 0 Å². The first-order valence-corrected chi connectivity index (χ1v) is 7.86. The van der Waals surface area contributed by atoms with Crippen molar-refractivity contribution in [2.24, 2.45) is 0 Å². The number of nitrogens with zero attached hydrogens (tertiary/aromatic N) is 1. The van der Waals surface area contributed by atoms with Crippen LogP contribution in [0.4, 0.5) is 0 Å². The van der Waals surface area contributed by atoms with Gasteiger partial charge in [0.2, 0.25) is 0 Å². The molecule has 0 saturated carbocycles. The minimum atomic E-state index is 0.601. The molecule has 20 heavy (non-hydrogen) atoms. The van der Waals surface area contributed by atoms with Crippen LogP contribution in [0.2, 0.25) is 0 Å². The van der Waals surface area contributed by atoms with Gasteiger partial charge in [-0.2, -0.15) is 0 Å². The van der Waals surface area contributed by atoms with Crippen molar-refractivity contribution in [2.45, 2.75) is 37.3 Å². The quantitative estimate of drug-likeness (QED) is 0.695. The summed E-state index contributed by atoms with van der Waals surface area (Å²) in [4.78, 5) is 2.80. The van der Waals surface area contributed by atoms with Crippen LogP contribution in [-0.2, 0) is 6.42 Å². The third-order valence-electron chi connectivity index (χ3n) is 5.62. The second kappa shape index (κ2) is 3.95. The van der Waals surface area contributed by atoms with Gasteiger partial charge in [-0.15, -0.1) is 0 Å². The average Bonchev–Trinajstić information content (AvgIpc) is 2.88. The van der Waals surface area contributed by atoms with Crippen LogP contribution in [0.3, 0.4) is 0 Å². The summed E-state index contributed by atoms with van der Waals surface area (Å²) in [6, 6.07) is 19.7. The van der Waals surface area contributed by atoms with E-state index in [-0.39, 0.29) is 0 Å². The fourth-order valence-corrected chi connectivity index (χ4v) is 4.88. The first kappa shape index (κ1) is 11.1. The Bertz CT molecular complexity index is 675. The van der Waals surface area contributed by atoms with Gasteiger partial charge in [0.25, 0.3) is 0 Å². The molecule has 1 heteroatoms. The molecule has 0 N–H and O–H groups in total. The third kappa shape index (κ3) is 1.31. The lowest BCUT2D eigenvalue weighted by atomic mass is 9.79. The van der Waals surface area contributed by atoms with Crippen molar-refractivity contribution in [2.75, 3.05) is 6.54 Å². The summed E-state index contributed by atoms with van der Waals surface area (Å²) in [6.07, 6.45) is 3.93. The molecule has 1 aliphatic carbocycles. The third-order valence-corrected chi connectivity index (χ3v) is 5.62. The molecule has 3 heterocycles. The van der Waals surface area contributed by atoms with E-state index >= 15 is 0 Å². The number of hydrogen-bond acceptors (Lipinski definition) is 1. The fourth-order valence-electron chi connectivity index (χ4n) is 4.88. The van der Waals surface area contributed by atoms with E-state index in [1.807, 2.05) is 0 Å². The van der Waals surface area contributed by atoms with Gasteiger partial charge in [-0.05, 0) is 48.1 Å². The molecule has 1 saturated heterocycles. The molecule has 2 bridgehead atoms. The van der Waals surface area contributed by atoms with Crippen LogP contribution in [0.1, 0.15) is 47.1 Å². The minimum Gasteiger partial charge on any atom is -0.292 e. The van der Waals surface area contributed by atoms with Crippen LogP contribution >= 0.6 is 0 Å². The summed E-state index contributed by atoms with van der Waals surface area (Å²) in [7, 11) is 0. The van der Waals surface area contributed by atoms with Crippen molar-refractivity contribution in [1.82, 2.24) is 4.90 Å². The zero-order chi connectivity index (χ0) is 13.1. The maximum Gasteiger partial charge on any atom is 0.0394 e. The highest BCUT2D eigenvalue weighted by Gasteiger charge is 2.46. The predicted molar refractivity (Wildman–Crippen MR) is 80.9 cm³/mol. The lowest BCUT2D eigenvalue weighted by molar-refractivity contribution is 0.157. The van der Waals surface area contributed by atoms with Crippen LogP contribution in [-0.4, -0.2) is 17.5 Å². The molecule has 0 spiro atoms. The van der Waals surface area contributed by atoms with E-state index in [1.165, 1.54) is 25.8 Å². The molecule has 1 fully saturated rings. The number of benzene rings is 2. The van der Waals surface area contributed by atoms with Crippen LogP contribution in [0.5, 0.6) is 0 Å². The van der Waals surface area contributed by atoms with E-state index in [1.54, 1.807) is 22.3 Å². The smallest absolute Gasteiger partial charge is 0.0394 e. The summed E-state index contributed by atoms with van der Waals surface area (Å²) < 4.78 is 0. The molecule has 3 aliphatic heterocycles. The zero-order valence-electron chi connectivity index (χ0n) is 11.6. The van der Waals surface area contributed by atoms with Gasteiger partial charge < -0.3 is 0 Å². The zero-order valence-corrected chi connectivity index (χ0v) is 11.6. The summed E-state index contributed by atoms with van der Waals surface area (Å²) >= 11 is 0. The summed E-state index contributed by atoms with van der Waals surface area (Å²) in [5.41, 5.74) is 6.36. The van der Waals surface area contributed by atoms with E-state index in [9.17, 15) is 0 Å². The van der Waals surface area contributed by atoms with Crippen LogP contribution in [0.25, 0.3) is 0 Å². The normalized spacial score (nSPS) is 30.5. The Morgan fingerprint density at radius 2 is 1.60 bits per heavy atom. The maximum absolute atomic E-state index is 2.80. The molecular formula is C19H19N. The standard InChI is InChI=1S/C19H19N/c1-2-7-14-13(6-1)12-18-15-8-3-4-9-16(15)19(14)17-10-5-11-20(17)18/h1-4,6-9,17-19H,5,10-12H2/t17-,18-,19-/m0/s1. The lowest BCUT2D eigenvalue weighted by Gasteiger charge is -2.41. The topological polar surface area (TPSA) is 3.24 Å². The highest BCUT2D eigenvalue weighted by Crippen LogP contribution is 2.52. The molecule has 4 aliphatic rings. The Hall–Kier alpha value is -1.60. The van der Waals surface area contributed by atoms with Crippen molar-refractivity contribution in [1.29, 1.82) is 0 Å². The van der Waals surface area contributed by atoms with Gasteiger partial charge in [0.15, 0.2) is 0 Å². The van der Waals surface area contributed by atoms with Gasteiger partial charge in [0.1, 0.15) is 0 Å². The van der Waals surface area contributed by atoms with E-state index in [2.05, 4.69) is 53.4 Å². The molecule has 0 unspecified atom stereocenters. The Morgan fingerprint density at radius 3 is 2.50 bits per heavy atom. The van der Waals surface area contributed by atoms with Crippen molar-refractivity contribution < 1.29 is 0 Å². The first-order chi connectivity index (χ1) is 9.93. The van der Waals surface area contributed by atoms with E-state index < -0.39 is 0 Å². The Morgan fingerprint density at radius 1 is 0.850 bits per heavy atom. The van der Waals surface area contributed by atoms with Gasteiger partial charge in [0.05, 0.1) is 0 Å². The van der Waals surface area contributed by atoms with Crippen molar-refractivity contribution >= 4 is 0 Å². The molecule has 0 radical (unpaired) electrons. The maximum atomic E-state index is 2.80. The Labute approximate surface area is 120 Å². The van der Waals surface area contributed by atoms with Gasteiger partial charge in [-0.3, -0.25) is 4.90 Å². The monoisotopic (exact) mass is 261 g/mol. The fraction of sp³-hybridized carbons (Fsp3) is 0.368. The molecule has 0 aromatic heterocycles. The SMILES string of the molecule is c1ccc2c(c1)C[C@H]1c3ccccc3[C@H]2[C@@H]2CCCN12. The molecule has 0 amide bonds.